The van der Waals surface area contributed by atoms with E-state index in [1.165, 1.54) is 12.3 Å². The van der Waals surface area contributed by atoms with Gasteiger partial charge in [0, 0.05) is 19.3 Å². The molecule has 0 amide bonds. The number of hydrogen-bond donors (Lipinski definition) is 1. The van der Waals surface area contributed by atoms with Crippen LogP contribution in [0.1, 0.15) is 5.56 Å². The van der Waals surface area contributed by atoms with Crippen LogP contribution in [0, 0.1) is 5.82 Å². The number of ether oxygens (including phenoxy) is 2. The Morgan fingerprint density at radius 2 is 2.17 bits per heavy atom. The monoisotopic (exact) mass is 330 g/mol. The van der Waals surface area contributed by atoms with Crippen LogP contribution in [0.3, 0.4) is 0 Å². The SMILES string of the molecule is NC(=NCc1ccc(Oc2cccnc2)c(F)c1)N1CCOCC1. The molecule has 7 heteroatoms. The van der Waals surface area contributed by atoms with Crippen molar-refractivity contribution in [3.8, 4) is 11.5 Å². The predicted octanol–water partition coefficient (Wildman–Crippen LogP) is 2.16. The fourth-order valence-corrected chi connectivity index (χ4v) is 2.32. The first-order chi connectivity index (χ1) is 11.7. The third-order valence-electron chi connectivity index (χ3n) is 3.62. The number of pyridine rings is 1. The lowest BCUT2D eigenvalue weighted by Crippen LogP contribution is -2.44. The van der Waals surface area contributed by atoms with Crippen molar-refractivity contribution in [1.82, 2.24) is 9.88 Å². The molecule has 1 fully saturated rings. The number of guanidine groups is 1. The van der Waals surface area contributed by atoms with Crippen molar-refractivity contribution in [3.05, 3.63) is 54.1 Å². The van der Waals surface area contributed by atoms with Crippen molar-refractivity contribution in [2.45, 2.75) is 6.54 Å². The van der Waals surface area contributed by atoms with Gasteiger partial charge >= 0.3 is 0 Å². The van der Waals surface area contributed by atoms with Crippen LogP contribution in [-0.2, 0) is 11.3 Å². The standard InChI is InChI=1S/C17H19FN4O2/c18-15-10-13(11-21-17(19)22-6-8-23-9-7-22)3-4-16(15)24-14-2-1-5-20-12-14/h1-5,10,12H,6-9,11H2,(H2,19,21). The second-order valence-electron chi connectivity index (χ2n) is 5.33. The Morgan fingerprint density at radius 1 is 1.33 bits per heavy atom. The minimum absolute atomic E-state index is 0.150. The van der Waals surface area contributed by atoms with Gasteiger partial charge in [0.15, 0.2) is 17.5 Å². The molecule has 1 aliphatic heterocycles. The molecular weight excluding hydrogens is 311 g/mol. The summed E-state index contributed by atoms with van der Waals surface area (Å²) in [5.41, 5.74) is 6.69. The molecule has 1 saturated heterocycles. The van der Waals surface area contributed by atoms with Crippen LogP contribution in [0.4, 0.5) is 4.39 Å². The molecule has 1 aliphatic rings. The Morgan fingerprint density at radius 3 is 2.88 bits per heavy atom. The van der Waals surface area contributed by atoms with Crippen LogP contribution in [0.2, 0.25) is 0 Å². The van der Waals surface area contributed by atoms with Gasteiger partial charge in [0.1, 0.15) is 5.75 Å². The molecular formula is C17H19FN4O2. The Labute approximate surface area is 139 Å². The van der Waals surface area contributed by atoms with Crippen molar-refractivity contribution >= 4 is 5.96 Å². The highest BCUT2D eigenvalue weighted by Gasteiger charge is 2.12. The van der Waals surface area contributed by atoms with Gasteiger partial charge < -0.3 is 20.1 Å². The van der Waals surface area contributed by atoms with Crippen LogP contribution < -0.4 is 10.5 Å². The molecule has 24 heavy (non-hydrogen) atoms. The van der Waals surface area contributed by atoms with Gasteiger partial charge in [-0.15, -0.1) is 0 Å². The number of aromatic nitrogens is 1. The van der Waals surface area contributed by atoms with E-state index in [0.717, 1.165) is 18.7 Å². The Balaban J connectivity index is 1.64. The fraction of sp³-hybridized carbons (Fsp3) is 0.294. The molecule has 1 aromatic carbocycles. The third kappa shape index (κ3) is 4.20. The first-order valence-electron chi connectivity index (χ1n) is 7.71. The van der Waals surface area contributed by atoms with E-state index < -0.39 is 5.82 Å². The zero-order chi connectivity index (χ0) is 16.8. The number of nitrogens with zero attached hydrogens (tertiary/aromatic N) is 3. The highest BCUT2D eigenvalue weighted by Crippen LogP contribution is 2.24. The molecule has 0 aliphatic carbocycles. The van der Waals surface area contributed by atoms with Gasteiger partial charge in [-0.3, -0.25) is 4.98 Å². The first-order valence-corrected chi connectivity index (χ1v) is 7.71. The first kappa shape index (κ1) is 16.2. The number of aliphatic imine (C=N–C) groups is 1. The second kappa shape index (κ2) is 7.74. The average molecular weight is 330 g/mol. The van der Waals surface area contributed by atoms with E-state index in [9.17, 15) is 4.39 Å². The lowest BCUT2D eigenvalue weighted by Gasteiger charge is -2.27. The van der Waals surface area contributed by atoms with Crippen molar-refractivity contribution in [3.63, 3.8) is 0 Å². The lowest BCUT2D eigenvalue weighted by molar-refractivity contribution is 0.0674. The van der Waals surface area contributed by atoms with Crippen LogP contribution in [0.5, 0.6) is 11.5 Å². The predicted molar refractivity (Wildman–Crippen MR) is 88.4 cm³/mol. The maximum Gasteiger partial charge on any atom is 0.191 e. The summed E-state index contributed by atoms with van der Waals surface area (Å²) in [6.45, 7) is 3.05. The minimum atomic E-state index is -0.448. The summed E-state index contributed by atoms with van der Waals surface area (Å²) in [4.78, 5) is 10.2. The van der Waals surface area contributed by atoms with Gasteiger partial charge in [-0.25, -0.2) is 9.38 Å². The van der Waals surface area contributed by atoms with Gasteiger partial charge in [-0.05, 0) is 29.8 Å². The van der Waals surface area contributed by atoms with Crippen molar-refractivity contribution in [2.24, 2.45) is 10.7 Å². The van der Waals surface area contributed by atoms with Gasteiger partial charge in [-0.1, -0.05) is 6.07 Å². The Bertz CT molecular complexity index is 703. The quantitative estimate of drug-likeness (QED) is 0.687. The minimum Gasteiger partial charge on any atom is -0.453 e. The zero-order valence-corrected chi connectivity index (χ0v) is 13.2. The van der Waals surface area contributed by atoms with E-state index >= 15 is 0 Å². The summed E-state index contributed by atoms with van der Waals surface area (Å²) in [7, 11) is 0. The number of hydrogen-bond acceptors (Lipinski definition) is 4. The van der Waals surface area contributed by atoms with Gasteiger partial charge in [-0.2, -0.15) is 0 Å². The van der Waals surface area contributed by atoms with Crippen LogP contribution in [0.15, 0.2) is 47.7 Å². The van der Waals surface area contributed by atoms with E-state index in [2.05, 4.69) is 9.98 Å². The molecule has 0 radical (unpaired) electrons. The van der Waals surface area contributed by atoms with Gasteiger partial charge in [0.25, 0.3) is 0 Å². The van der Waals surface area contributed by atoms with E-state index in [1.807, 2.05) is 4.90 Å². The summed E-state index contributed by atoms with van der Waals surface area (Å²) in [5, 5.41) is 0. The number of nitrogens with two attached hydrogens (primary N) is 1. The summed E-state index contributed by atoms with van der Waals surface area (Å²) < 4.78 is 24.9. The molecule has 0 atom stereocenters. The van der Waals surface area contributed by atoms with E-state index in [0.29, 0.717) is 31.5 Å². The molecule has 2 N–H and O–H groups in total. The average Bonchev–Trinajstić information content (AvgIpc) is 2.63. The van der Waals surface area contributed by atoms with E-state index in [4.69, 9.17) is 15.2 Å². The van der Waals surface area contributed by atoms with Crippen molar-refractivity contribution < 1.29 is 13.9 Å². The molecule has 6 nitrogen and oxygen atoms in total. The lowest BCUT2D eigenvalue weighted by atomic mass is 10.2. The second-order valence-corrected chi connectivity index (χ2v) is 5.33. The smallest absolute Gasteiger partial charge is 0.191 e. The van der Waals surface area contributed by atoms with Crippen LogP contribution >= 0.6 is 0 Å². The highest BCUT2D eigenvalue weighted by molar-refractivity contribution is 5.78. The third-order valence-corrected chi connectivity index (χ3v) is 3.62. The van der Waals surface area contributed by atoms with Crippen LogP contribution in [0.25, 0.3) is 0 Å². The summed E-state index contributed by atoms with van der Waals surface area (Å²) in [6, 6.07) is 8.20. The molecule has 0 unspecified atom stereocenters. The Kier molecular flexibility index (Phi) is 5.22. The molecule has 1 aromatic heterocycles. The largest absolute Gasteiger partial charge is 0.453 e. The number of halogens is 1. The Hall–Kier alpha value is -2.67. The van der Waals surface area contributed by atoms with Crippen molar-refractivity contribution in [2.75, 3.05) is 26.3 Å². The molecule has 3 rings (SSSR count). The topological polar surface area (TPSA) is 73.0 Å². The maximum atomic E-state index is 14.2. The fourth-order valence-electron chi connectivity index (χ4n) is 2.32. The number of benzene rings is 1. The normalized spacial score (nSPS) is 15.4. The van der Waals surface area contributed by atoms with Gasteiger partial charge in [0.2, 0.25) is 0 Å². The van der Waals surface area contributed by atoms with Crippen molar-refractivity contribution in [1.29, 1.82) is 0 Å². The van der Waals surface area contributed by atoms with E-state index in [1.54, 1.807) is 30.5 Å². The highest BCUT2D eigenvalue weighted by atomic mass is 19.1. The molecule has 0 saturated carbocycles. The van der Waals surface area contributed by atoms with Gasteiger partial charge in [0.05, 0.1) is 26.0 Å². The van der Waals surface area contributed by atoms with E-state index in [-0.39, 0.29) is 5.75 Å². The molecule has 2 aromatic rings. The summed E-state index contributed by atoms with van der Waals surface area (Å²) in [5.74, 6) is 0.640. The molecule has 0 bridgehead atoms. The molecule has 126 valence electrons. The summed E-state index contributed by atoms with van der Waals surface area (Å²) in [6.07, 6.45) is 3.16. The maximum absolute atomic E-state index is 14.2. The molecule has 0 spiro atoms. The summed E-state index contributed by atoms with van der Waals surface area (Å²) >= 11 is 0. The number of rotatable bonds is 4. The zero-order valence-electron chi connectivity index (χ0n) is 13.2. The van der Waals surface area contributed by atoms with Crippen LogP contribution in [-0.4, -0.2) is 42.1 Å². The number of morpholine rings is 1. The molecule has 2 heterocycles.